The van der Waals surface area contributed by atoms with Crippen molar-refractivity contribution in [1.29, 1.82) is 0 Å². The number of carbonyl (C=O) groups excluding carboxylic acids is 3. The Bertz CT molecular complexity index is 1170. The Morgan fingerprint density at radius 2 is 1.73 bits per heavy atom. The number of carbonyl (C=O) groups is 3. The summed E-state index contributed by atoms with van der Waals surface area (Å²) in [6, 6.07) is 19.6. The van der Waals surface area contributed by atoms with Crippen molar-refractivity contribution in [2.24, 2.45) is 0 Å². The molecule has 0 radical (unpaired) electrons. The highest BCUT2D eigenvalue weighted by Crippen LogP contribution is 2.29. The molecule has 1 aliphatic rings. The number of amides is 4. The Morgan fingerprint density at radius 3 is 2.42 bits per heavy atom. The topological polar surface area (TPSA) is 79.0 Å². The summed E-state index contributed by atoms with van der Waals surface area (Å²) in [7, 11) is 1.55. The van der Waals surface area contributed by atoms with Crippen molar-refractivity contribution >= 4 is 29.2 Å². The number of imide groups is 1. The molecule has 3 aromatic rings. The largest absolute Gasteiger partial charge is 0.497 e. The first-order valence-corrected chi connectivity index (χ1v) is 10.3. The van der Waals surface area contributed by atoms with Gasteiger partial charge in [0, 0.05) is 12.2 Å². The van der Waals surface area contributed by atoms with E-state index < -0.39 is 29.7 Å². The summed E-state index contributed by atoms with van der Waals surface area (Å²) in [5, 5.41) is 2.65. The number of methoxy groups -OCH3 is 1. The van der Waals surface area contributed by atoms with Crippen LogP contribution in [0.15, 0.2) is 78.9 Å². The Labute approximate surface area is 190 Å². The second-order valence-corrected chi connectivity index (χ2v) is 7.55. The van der Waals surface area contributed by atoms with Gasteiger partial charge >= 0.3 is 6.03 Å². The van der Waals surface area contributed by atoms with E-state index in [-0.39, 0.29) is 13.0 Å². The molecule has 33 heavy (non-hydrogen) atoms. The summed E-state index contributed by atoms with van der Waals surface area (Å²) in [5.41, 5.74) is 1.59. The fraction of sp³-hybridized carbons (Fsp3) is 0.160. The molecule has 1 fully saturated rings. The van der Waals surface area contributed by atoms with Crippen LogP contribution in [0.2, 0.25) is 0 Å². The SMILES string of the molecule is COc1cccc(CN2C(=O)N(c3ccccc3)C(=O)C2CC(=O)Nc2ccc(F)cc2)c1. The Kier molecular flexibility index (Phi) is 6.35. The van der Waals surface area contributed by atoms with E-state index in [9.17, 15) is 18.8 Å². The molecule has 1 N–H and O–H groups in total. The number of rotatable bonds is 7. The summed E-state index contributed by atoms with van der Waals surface area (Å²) in [4.78, 5) is 41.8. The van der Waals surface area contributed by atoms with Crippen molar-refractivity contribution < 1.29 is 23.5 Å². The van der Waals surface area contributed by atoms with E-state index >= 15 is 0 Å². The Balaban J connectivity index is 1.60. The number of para-hydroxylation sites is 1. The fourth-order valence-corrected chi connectivity index (χ4v) is 3.72. The van der Waals surface area contributed by atoms with Crippen molar-refractivity contribution in [3.8, 4) is 5.75 Å². The Hall–Kier alpha value is -4.20. The highest BCUT2D eigenvalue weighted by molar-refractivity contribution is 6.22. The van der Waals surface area contributed by atoms with Crippen LogP contribution < -0.4 is 15.0 Å². The highest BCUT2D eigenvalue weighted by Gasteiger charge is 2.46. The van der Waals surface area contributed by atoms with Gasteiger partial charge in [0.25, 0.3) is 5.91 Å². The number of benzene rings is 3. The van der Waals surface area contributed by atoms with Gasteiger partial charge < -0.3 is 15.0 Å². The number of urea groups is 1. The standard InChI is InChI=1S/C25H22FN3O4/c1-33-21-9-5-6-17(14-21)16-28-22(15-23(30)27-19-12-10-18(26)11-13-19)24(31)29(25(28)32)20-7-3-2-4-8-20/h2-14,22H,15-16H2,1H3,(H,27,30). The summed E-state index contributed by atoms with van der Waals surface area (Å²) >= 11 is 0. The number of anilines is 2. The van der Waals surface area contributed by atoms with Gasteiger partial charge in [0.15, 0.2) is 0 Å². The first-order chi connectivity index (χ1) is 16.0. The van der Waals surface area contributed by atoms with E-state index in [1.54, 1.807) is 55.6 Å². The number of hydrogen-bond donors (Lipinski definition) is 1. The van der Waals surface area contributed by atoms with Gasteiger partial charge in [-0.15, -0.1) is 0 Å². The maximum absolute atomic E-state index is 13.3. The molecule has 8 heteroatoms. The maximum atomic E-state index is 13.3. The van der Waals surface area contributed by atoms with Gasteiger partial charge in [-0.3, -0.25) is 9.59 Å². The van der Waals surface area contributed by atoms with Crippen LogP contribution in [0.5, 0.6) is 5.75 Å². The molecule has 7 nitrogen and oxygen atoms in total. The molecule has 4 rings (SSSR count). The molecule has 1 atom stereocenters. The van der Waals surface area contributed by atoms with Crippen LogP contribution in [0, 0.1) is 5.82 Å². The van der Waals surface area contributed by atoms with Crippen LogP contribution in [-0.2, 0) is 16.1 Å². The molecule has 1 unspecified atom stereocenters. The normalized spacial score (nSPS) is 15.6. The molecule has 0 aromatic heterocycles. The number of halogens is 1. The number of ether oxygens (including phenoxy) is 1. The number of nitrogens with one attached hydrogen (secondary N) is 1. The molecular weight excluding hydrogens is 425 g/mol. The predicted molar refractivity (Wildman–Crippen MR) is 121 cm³/mol. The van der Waals surface area contributed by atoms with Crippen molar-refractivity contribution in [3.05, 3.63) is 90.2 Å². The lowest BCUT2D eigenvalue weighted by molar-refractivity contribution is -0.124. The molecule has 0 saturated carbocycles. The fourth-order valence-electron chi connectivity index (χ4n) is 3.72. The molecule has 168 valence electrons. The van der Waals surface area contributed by atoms with Crippen LogP contribution >= 0.6 is 0 Å². The minimum Gasteiger partial charge on any atom is -0.497 e. The number of nitrogens with zero attached hydrogens (tertiary/aromatic N) is 2. The first-order valence-electron chi connectivity index (χ1n) is 10.3. The van der Waals surface area contributed by atoms with E-state index in [1.165, 1.54) is 29.2 Å². The predicted octanol–water partition coefficient (Wildman–Crippen LogP) is 4.20. The molecule has 3 aromatic carbocycles. The number of hydrogen-bond acceptors (Lipinski definition) is 4. The van der Waals surface area contributed by atoms with Gasteiger partial charge in [0.1, 0.15) is 17.6 Å². The minimum absolute atomic E-state index is 0.125. The average Bonchev–Trinajstić information content (AvgIpc) is 3.05. The van der Waals surface area contributed by atoms with Crippen molar-refractivity contribution in [1.82, 2.24) is 4.90 Å². The minimum atomic E-state index is -0.996. The van der Waals surface area contributed by atoms with E-state index in [0.717, 1.165) is 10.5 Å². The molecule has 1 saturated heterocycles. The molecular formula is C25H22FN3O4. The maximum Gasteiger partial charge on any atom is 0.332 e. The lowest BCUT2D eigenvalue weighted by atomic mass is 10.1. The quantitative estimate of drug-likeness (QED) is 0.551. The van der Waals surface area contributed by atoms with Crippen LogP contribution in [0.4, 0.5) is 20.6 Å². The monoisotopic (exact) mass is 447 g/mol. The van der Waals surface area contributed by atoms with E-state index in [4.69, 9.17) is 4.74 Å². The van der Waals surface area contributed by atoms with Gasteiger partial charge in [-0.1, -0.05) is 30.3 Å². The first kappa shape index (κ1) is 22.0. The molecule has 1 aliphatic heterocycles. The summed E-state index contributed by atoms with van der Waals surface area (Å²) in [5.74, 6) is -0.745. The zero-order valence-corrected chi connectivity index (χ0v) is 17.9. The van der Waals surface area contributed by atoms with E-state index in [2.05, 4.69) is 5.32 Å². The lowest BCUT2D eigenvalue weighted by Gasteiger charge is -2.22. The highest BCUT2D eigenvalue weighted by atomic mass is 19.1. The molecule has 0 bridgehead atoms. The third-order valence-electron chi connectivity index (χ3n) is 5.33. The molecule has 0 aliphatic carbocycles. The molecule has 0 spiro atoms. The molecule has 4 amide bonds. The van der Waals surface area contributed by atoms with Crippen LogP contribution in [0.3, 0.4) is 0 Å². The van der Waals surface area contributed by atoms with Gasteiger partial charge in [-0.25, -0.2) is 14.1 Å². The zero-order valence-electron chi connectivity index (χ0n) is 17.9. The third kappa shape index (κ3) is 4.85. The summed E-state index contributed by atoms with van der Waals surface area (Å²) < 4.78 is 18.4. The molecule has 1 heterocycles. The third-order valence-corrected chi connectivity index (χ3v) is 5.33. The van der Waals surface area contributed by atoms with Crippen LogP contribution in [0.1, 0.15) is 12.0 Å². The smallest absolute Gasteiger partial charge is 0.332 e. The van der Waals surface area contributed by atoms with Gasteiger partial charge in [0.05, 0.1) is 19.2 Å². The van der Waals surface area contributed by atoms with E-state index in [1.807, 2.05) is 6.07 Å². The Morgan fingerprint density at radius 1 is 1.00 bits per heavy atom. The average molecular weight is 447 g/mol. The zero-order chi connectivity index (χ0) is 23.4. The van der Waals surface area contributed by atoms with Gasteiger partial charge in [-0.05, 0) is 54.1 Å². The van der Waals surface area contributed by atoms with Crippen LogP contribution in [0.25, 0.3) is 0 Å². The van der Waals surface area contributed by atoms with Crippen molar-refractivity contribution in [2.45, 2.75) is 19.0 Å². The van der Waals surface area contributed by atoms with E-state index in [0.29, 0.717) is 17.1 Å². The van der Waals surface area contributed by atoms with Gasteiger partial charge in [-0.2, -0.15) is 0 Å². The van der Waals surface area contributed by atoms with Crippen LogP contribution in [-0.4, -0.2) is 35.9 Å². The van der Waals surface area contributed by atoms with Gasteiger partial charge in [0.2, 0.25) is 5.91 Å². The summed E-state index contributed by atoms with van der Waals surface area (Å²) in [6.07, 6.45) is -0.241. The van der Waals surface area contributed by atoms with Crippen molar-refractivity contribution in [2.75, 3.05) is 17.3 Å². The summed E-state index contributed by atoms with van der Waals surface area (Å²) in [6.45, 7) is 0.125. The second-order valence-electron chi connectivity index (χ2n) is 7.55. The van der Waals surface area contributed by atoms with Crippen molar-refractivity contribution in [3.63, 3.8) is 0 Å². The lowest BCUT2D eigenvalue weighted by Crippen LogP contribution is -2.37. The second kappa shape index (κ2) is 9.52.